The summed E-state index contributed by atoms with van der Waals surface area (Å²) in [7, 11) is -17.0. The zero-order valence-electron chi connectivity index (χ0n) is 21.3. The van der Waals surface area contributed by atoms with Crippen LogP contribution in [0.25, 0.3) is 11.1 Å². The molecule has 0 bridgehead atoms. The number of phosphoric acid groups is 3. The van der Waals surface area contributed by atoms with E-state index in [4.69, 9.17) is 14.5 Å². The highest BCUT2D eigenvalue weighted by Gasteiger charge is 2.47. The van der Waals surface area contributed by atoms with Crippen molar-refractivity contribution in [2.75, 3.05) is 6.61 Å². The first-order valence-electron chi connectivity index (χ1n) is 11.8. The molecule has 43 heavy (non-hydrogen) atoms. The number of benzene rings is 1. The second-order valence-electron chi connectivity index (χ2n) is 8.88. The highest BCUT2D eigenvalue weighted by molar-refractivity contribution is 7.66. The van der Waals surface area contributed by atoms with Crippen molar-refractivity contribution >= 4 is 23.5 Å². The molecule has 234 valence electrons. The smallest absolute Gasteiger partial charge is 0.387 e. The normalized spacial score (nSPS) is 23.5. The minimum Gasteiger partial charge on any atom is -0.387 e. The van der Waals surface area contributed by atoms with Crippen LogP contribution < -0.4 is 11.2 Å². The van der Waals surface area contributed by atoms with Crippen LogP contribution in [-0.4, -0.2) is 68.8 Å². The van der Waals surface area contributed by atoms with Gasteiger partial charge in [-0.05, 0) is 11.6 Å². The number of aromatic nitrogens is 3. The maximum Gasteiger partial charge on any atom is 0.490 e. The summed E-state index contributed by atoms with van der Waals surface area (Å²) in [6.45, 7) is -1.55. The fraction of sp³-hybridized carbons (Fsp3) is 0.286. The van der Waals surface area contributed by atoms with Crippen LogP contribution in [0.5, 0.6) is 0 Å². The van der Waals surface area contributed by atoms with Crippen LogP contribution in [0.2, 0.25) is 0 Å². The first-order chi connectivity index (χ1) is 20.0. The minimum atomic E-state index is -5.81. The molecular formula is C21H23FN3O15P3. The molecule has 18 nitrogen and oxygen atoms in total. The SMILES string of the molecule is O=c1ccn([C@@H]2O[C@H](COP(=O)(O)OP(=O)(O)OP(=O)(O)O)[C@H](O)C2O)c(=O)n1Cc1cc(-c2ccccc2)c(F)cn1. The van der Waals surface area contributed by atoms with E-state index in [0.717, 1.165) is 23.0 Å². The number of nitrogens with zero attached hydrogens (tertiary/aromatic N) is 3. The van der Waals surface area contributed by atoms with E-state index < -0.39 is 78.2 Å². The van der Waals surface area contributed by atoms with Crippen molar-refractivity contribution in [2.45, 2.75) is 31.1 Å². The van der Waals surface area contributed by atoms with Crippen LogP contribution in [0.15, 0.2) is 64.4 Å². The van der Waals surface area contributed by atoms with Crippen LogP contribution in [0, 0.1) is 5.82 Å². The van der Waals surface area contributed by atoms with Crippen molar-refractivity contribution in [1.29, 1.82) is 0 Å². The number of pyridine rings is 1. The maximum atomic E-state index is 14.4. The van der Waals surface area contributed by atoms with Crippen LogP contribution in [0.4, 0.5) is 4.39 Å². The standard InChI is InChI=1S/C21H23FN3O15P3/c22-15-9-23-13(8-14(15)12-4-2-1-3-5-12)10-25-17(26)6-7-24(21(25)29)20-19(28)18(27)16(38-20)11-37-42(33,34)40-43(35,36)39-41(30,31)32/h1-9,16,18-20,27-28H,10-11H2,(H,33,34)(H,35,36)(H2,30,31,32)/t16-,18+,19?,20-/m1/s1. The molecule has 3 unspecified atom stereocenters. The Bertz CT molecular complexity index is 1750. The first kappa shape index (κ1) is 33.2. The van der Waals surface area contributed by atoms with E-state index in [9.17, 15) is 47.7 Å². The summed E-state index contributed by atoms with van der Waals surface area (Å²) in [5.74, 6) is -0.647. The molecule has 6 atom stereocenters. The Morgan fingerprint density at radius 1 is 0.953 bits per heavy atom. The van der Waals surface area contributed by atoms with Gasteiger partial charge in [0, 0.05) is 17.8 Å². The van der Waals surface area contributed by atoms with Gasteiger partial charge in [0.15, 0.2) is 6.23 Å². The van der Waals surface area contributed by atoms with Crippen LogP contribution in [0.1, 0.15) is 11.9 Å². The average Bonchev–Trinajstić information content (AvgIpc) is 3.18. The van der Waals surface area contributed by atoms with E-state index in [2.05, 4.69) is 18.1 Å². The summed E-state index contributed by atoms with van der Waals surface area (Å²) in [6, 6.07) is 10.7. The third-order valence-electron chi connectivity index (χ3n) is 5.84. The Hall–Kier alpha value is -2.73. The van der Waals surface area contributed by atoms with Crippen molar-refractivity contribution in [2.24, 2.45) is 0 Å². The van der Waals surface area contributed by atoms with Gasteiger partial charge in [-0.3, -0.25) is 23.4 Å². The first-order valence-corrected chi connectivity index (χ1v) is 16.3. The van der Waals surface area contributed by atoms with E-state index in [0.29, 0.717) is 10.1 Å². The van der Waals surface area contributed by atoms with Gasteiger partial charge >= 0.3 is 29.2 Å². The van der Waals surface area contributed by atoms with Crippen LogP contribution in [0.3, 0.4) is 0 Å². The van der Waals surface area contributed by atoms with Crippen molar-refractivity contribution in [3.63, 3.8) is 0 Å². The van der Waals surface area contributed by atoms with Gasteiger partial charge < -0.3 is 34.5 Å². The molecule has 22 heteroatoms. The molecule has 0 amide bonds. The molecule has 1 aromatic carbocycles. The zero-order chi connectivity index (χ0) is 31.7. The monoisotopic (exact) mass is 669 g/mol. The zero-order valence-corrected chi connectivity index (χ0v) is 24.0. The fourth-order valence-electron chi connectivity index (χ4n) is 4.01. The lowest BCUT2D eigenvalue weighted by Crippen LogP contribution is -2.43. The molecule has 1 fully saturated rings. The Morgan fingerprint density at radius 3 is 2.28 bits per heavy atom. The number of aliphatic hydroxyl groups excluding tert-OH is 2. The second kappa shape index (κ2) is 12.7. The summed E-state index contributed by atoms with van der Waals surface area (Å²) < 4.78 is 67.0. The van der Waals surface area contributed by atoms with E-state index in [1.807, 2.05) is 0 Å². The molecule has 3 aromatic rings. The number of phosphoric ester groups is 1. The second-order valence-corrected chi connectivity index (χ2v) is 13.3. The molecule has 3 heterocycles. The summed E-state index contributed by atoms with van der Waals surface area (Å²) >= 11 is 0. The van der Waals surface area contributed by atoms with Gasteiger partial charge in [0.1, 0.15) is 24.1 Å². The van der Waals surface area contributed by atoms with Gasteiger partial charge in [-0.1, -0.05) is 30.3 Å². The number of halogens is 1. The van der Waals surface area contributed by atoms with Crippen LogP contribution >= 0.6 is 23.5 Å². The lowest BCUT2D eigenvalue weighted by Gasteiger charge is -2.19. The fourth-order valence-corrected chi connectivity index (χ4v) is 7.04. The summed E-state index contributed by atoms with van der Waals surface area (Å²) in [5.41, 5.74) is -1.05. The maximum absolute atomic E-state index is 14.4. The topological polar surface area (TPSA) is 266 Å². The number of hydrogen-bond acceptors (Lipinski definition) is 12. The van der Waals surface area contributed by atoms with E-state index in [1.54, 1.807) is 30.3 Å². The third-order valence-corrected chi connectivity index (χ3v) is 9.64. The molecule has 1 aliphatic rings. The molecule has 6 N–H and O–H groups in total. The number of hydrogen-bond donors (Lipinski definition) is 6. The van der Waals surface area contributed by atoms with Crippen LogP contribution in [-0.2, 0) is 38.1 Å². The molecule has 0 saturated carbocycles. The lowest BCUT2D eigenvalue weighted by molar-refractivity contribution is -0.0547. The summed E-state index contributed by atoms with van der Waals surface area (Å²) in [4.78, 5) is 65.7. The van der Waals surface area contributed by atoms with E-state index in [1.165, 1.54) is 6.07 Å². The minimum absolute atomic E-state index is 0.124. The number of aliphatic hydroxyl groups is 2. The quantitative estimate of drug-likeness (QED) is 0.149. The Balaban J connectivity index is 1.52. The van der Waals surface area contributed by atoms with Gasteiger partial charge in [-0.25, -0.2) is 22.9 Å². The summed E-state index contributed by atoms with van der Waals surface area (Å²) in [6.07, 6.45) is -5.27. The Morgan fingerprint density at radius 2 is 1.63 bits per heavy atom. The Kier molecular flexibility index (Phi) is 9.80. The largest absolute Gasteiger partial charge is 0.490 e. The molecule has 1 aliphatic heterocycles. The lowest BCUT2D eigenvalue weighted by atomic mass is 10.1. The van der Waals surface area contributed by atoms with Gasteiger partial charge in [0.25, 0.3) is 5.56 Å². The third kappa shape index (κ3) is 8.26. The van der Waals surface area contributed by atoms with E-state index >= 15 is 0 Å². The molecule has 1 saturated heterocycles. The molecule has 4 rings (SSSR count). The number of ether oxygens (including phenoxy) is 1. The molecule has 0 radical (unpaired) electrons. The molecular weight excluding hydrogens is 646 g/mol. The number of rotatable bonds is 11. The molecule has 0 spiro atoms. The van der Waals surface area contributed by atoms with Gasteiger partial charge in [0.05, 0.1) is 25.0 Å². The van der Waals surface area contributed by atoms with Gasteiger partial charge in [0.2, 0.25) is 0 Å². The van der Waals surface area contributed by atoms with Crippen molar-refractivity contribution in [3.05, 3.63) is 87.2 Å². The summed E-state index contributed by atoms with van der Waals surface area (Å²) in [5, 5.41) is 20.9. The predicted molar refractivity (Wildman–Crippen MR) is 139 cm³/mol. The predicted octanol–water partition coefficient (Wildman–Crippen LogP) is 0.222. The molecule has 2 aromatic heterocycles. The average molecular weight is 669 g/mol. The highest BCUT2D eigenvalue weighted by atomic mass is 31.3. The Labute approximate surface area is 239 Å². The van der Waals surface area contributed by atoms with Gasteiger partial charge in [-0.2, -0.15) is 8.62 Å². The van der Waals surface area contributed by atoms with Crippen molar-refractivity contribution in [1.82, 2.24) is 14.1 Å². The highest BCUT2D eigenvalue weighted by Crippen LogP contribution is 2.66. The van der Waals surface area contributed by atoms with Crippen molar-refractivity contribution < 1.29 is 65.8 Å². The van der Waals surface area contributed by atoms with E-state index in [-0.39, 0.29) is 11.3 Å². The molecule has 0 aliphatic carbocycles. The van der Waals surface area contributed by atoms with Crippen molar-refractivity contribution in [3.8, 4) is 11.1 Å². The van der Waals surface area contributed by atoms with Gasteiger partial charge in [-0.15, -0.1) is 0 Å².